The van der Waals surface area contributed by atoms with Crippen LogP contribution in [-0.4, -0.2) is 34.7 Å². The summed E-state index contributed by atoms with van der Waals surface area (Å²) < 4.78 is 0. The fourth-order valence-electron chi connectivity index (χ4n) is 3.64. The molecule has 2 aliphatic heterocycles. The highest BCUT2D eigenvalue weighted by atomic mass is 15.2. The summed E-state index contributed by atoms with van der Waals surface area (Å²) in [5, 5.41) is 11.0. The second-order valence-electron chi connectivity index (χ2n) is 6.18. The van der Waals surface area contributed by atoms with Crippen LogP contribution in [0.25, 0.3) is 0 Å². The van der Waals surface area contributed by atoms with Crippen molar-refractivity contribution in [3.8, 4) is 0 Å². The molecule has 2 aromatic rings. The van der Waals surface area contributed by atoms with Crippen LogP contribution in [0.3, 0.4) is 0 Å². The Balaban J connectivity index is 1.38. The van der Waals surface area contributed by atoms with Gasteiger partial charge in [0.2, 0.25) is 0 Å². The Morgan fingerprint density at radius 1 is 1.14 bits per heavy atom. The smallest absolute Gasteiger partial charge is 0.151 e. The number of rotatable bonds is 3. The van der Waals surface area contributed by atoms with Gasteiger partial charge < -0.3 is 5.32 Å². The number of hydrogen-bond acceptors (Lipinski definition) is 3. The largest absolute Gasteiger partial charge is 0.368 e. The van der Waals surface area contributed by atoms with Crippen molar-refractivity contribution in [3.05, 3.63) is 47.2 Å². The normalized spacial score (nSPS) is 19.4. The van der Waals surface area contributed by atoms with Gasteiger partial charge in [-0.25, -0.2) is 0 Å². The average Bonchev–Trinajstić information content (AvgIpc) is 3.12. The molecule has 0 spiro atoms. The highest BCUT2D eigenvalue weighted by Gasteiger charge is 2.27. The van der Waals surface area contributed by atoms with Gasteiger partial charge in [0.05, 0.1) is 0 Å². The van der Waals surface area contributed by atoms with E-state index in [0.717, 1.165) is 25.3 Å². The highest BCUT2D eigenvalue weighted by molar-refractivity contribution is 5.52. The monoisotopic (exact) mass is 282 g/mol. The summed E-state index contributed by atoms with van der Waals surface area (Å²) in [7, 11) is 0. The van der Waals surface area contributed by atoms with Crippen molar-refractivity contribution in [2.45, 2.75) is 31.7 Å². The number of benzene rings is 1. The second-order valence-corrected chi connectivity index (χ2v) is 6.18. The number of nitrogens with zero attached hydrogens (tertiary/aromatic N) is 2. The van der Waals surface area contributed by atoms with E-state index in [-0.39, 0.29) is 0 Å². The van der Waals surface area contributed by atoms with Gasteiger partial charge in [0.1, 0.15) is 0 Å². The standard InChI is InChI=1S/C17H22N4/c1-2-4-13(5-3-1)12-21-10-7-14(8-11-21)16-15-6-9-18-17(15)20-19-16/h1-5,14H,6-12H2,(H2,18,19,20). The molecule has 0 atom stereocenters. The molecule has 4 nitrogen and oxygen atoms in total. The summed E-state index contributed by atoms with van der Waals surface area (Å²) in [4.78, 5) is 2.57. The number of fused-ring (bicyclic) bond motifs is 1. The Morgan fingerprint density at radius 2 is 1.95 bits per heavy atom. The number of aromatic amines is 1. The summed E-state index contributed by atoms with van der Waals surface area (Å²) in [5.74, 6) is 1.75. The first-order valence-corrected chi connectivity index (χ1v) is 7.97. The Bertz CT molecular complexity index is 597. The van der Waals surface area contributed by atoms with Crippen LogP contribution in [0.2, 0.25) is 0 Å². The van der Waals surface area contributed by atoms with Crippen molar-refractivity contribution < 1.29 is 0 Å². The Kier molecular flexibility index (Phi) is 3.39. The Morgan fingerprint density at radius 3 is 2.76 bits per heavy atom. The third kappa shape index (κ3) is 2.56. The predicted octanol–water partition coefficient (Wildman–Crippen LogP) is 2.76. The highest BCUT2D eigenvalue weighted by Crippen LogP contribution is 2.34. The van der Waals surface area contributed by atoms with E-state index >= 15 is 0 Å². The van der Waals surface area contributed by atoms with E-state index in [1.54, 1.807) is 0 Å². The molecule has 1 saturated heterocycles. The summed E-state index contributed by atoms with van der Waals surface area (Å²) in [6.07, 6.45) is 3.61. The number of H-pyrrole nitrogens is 1. The maximum atomic E-state index is 4.41. The van der Waals surface area contributed by atoms with Gasteiger partial charge in [-0.15, -0.1) is 0 Å². The summed E-state index contributed by atoms with van der Waals surface area (Å²) in [6.45, 7) is 4.49. The maximum absolute atomic E-state index is 4.41. The first-order valence-electron chi connectivity index (χ1n) is 7.97. The lowest BCUT2D eigenvalue weighted by molar-refractivity contribution is 0.203. The van der Waals surface area contributed by atoms with Crippen LogP contribution in [0.4, 0.5) is 5.82 Å². The fourth-order valence-corrected chi connectivity index (χ4v) is 3.64. The summed E-state index contributed by atoms with van der Waals surface area (Å²) in [6, 6.07) is 10.8. The molecule has 0 radical (unpaired) electrons. The molecule has 0 saturated carbocycles. The quantitative estimate of drug-likeness (QED) is 0.910. The molecule has 0 unspecified atom stereocenters. The van der Waals surface area contributed by atoms with Gasteiger partial charge in [0.15, 0.2) is 5.82 Å². The average molecular weight is 282 g/mol. The second kappa shape index (κ2) is 5.53. The van der Waals surface area contributed by atoms with Gasteiger partial charge in [0, 0.05) is 30.3 Å². The van der Waals surface area contributed by atoms with E-state index in [1.165, 1.54) is 42.8 Å². The molecule has 4 rings (SSSR count). The Labute approximate surface area is 125 Å². The lowest BCUT2D eigenvalue weighted by atomic mass is 9.90. The minimum absolute atomic E-state index is 0.660. The fraction of sp³-hybridized carbons (Fsp3) is 0.471. The molecule has 110 valence electrons. The van der Waals surface area contributed by atoms with Crippen LogP contribution in [0.5, 0.6) is 0 Å². The van der Waals surface area contributed by atoms with E-state index in [9.17, 15) is 0 Å². The topological polar surface area (TPSA) is 44.0 Å². The third-order valence-electron chi connectivity index (χ3n) is 4.81. The Hall–Kier alpha value is -1.81. The molecule has 1 fully saturated rings. The molecule has 3 heterocycles. The van der Waals surface area contributed by atoms with Crippen LogP contribution in [0.15, 0.2) is 30.3 Å². The molecule has 1 aromatic heterocycles. The van der Waals surface area contributed by atoms with Gasteiger partial charge in [-0.3, -0.25) is 10.00 Å². The van der Waals surface area contributed by atoms with Crippen LogP contribution >= 0.6 is 0 Å². The van der Waals surface area contributed by atoms with Gasteiger partial charge in [0.25, 0.3) is 0 Å². The molecule has 1 aromatic carbocycles. The van der Waals surface area contributed by atoms with E-state index in [2.05, 4.69) is 50.7 Å². The molecule has 0 bridgehead atoms. The minimum Gasteiger partial charge on any atom is -0.368 e. The molecular formula is C17H22N4. The first kappa shape index (κ1) is 12.9. The number of anilines is 1. The zero-order valence-electron chi connectivity index (χ0n) is 12.3. The molecule has 0 amide bonds. The van der Waals surface area contributed by atoms with E-state index in [4.69, 9.17) is 0 Å². The summed E-state index contributed by atoms with van der Waals surface area (Å²) in [5.41, 5.74) is 4.26. The van der Waals surface area contributed by atoms with Crippen LogP contribution < -0.4 is 5.32 Å². The number of likely N-dealkylation sites (tertiary alicyclic amines) is 1. The first-order chi connectivity index (χ1) is 10.4. The lowest BCUT2D eigenvalue weighted by Crippen LogP contribution is -2.32. The van der Waals surface area contributed by atoms with Crippen molar-refractivity contribution >= 4 is 5.82 Å². The van der Waals surface area contributed by atoms with Crippen molar-refractivity contribution in [1.82, 2.24) is 15.1 Å². The number of nitrogens with one attached hydrogen (secondary N) is 2. The minimum atomic E-state index is 0.660. The van der Waals surface area contributed by atoms with E-state index in [0.29, 0.717) is 5.92 Å². The van der Waals surface area contributed by atoms with Crippen LogP contribution in [0, 0.1) is 0 Å². The number of piperidine rings is 1. The zero-order chi connectivity index (χ0) is 14.1. The third-order valence-corrected chi connectivity index (χ3v) is 4.81. The van der Waals surface area contributed by atoms with Crippen LogP contribution in [-0.2, 0) is 13.0 Å². The van der Waals surface area contributed by atoms with Crippen molar-refractivity contribution in [1.29, 1.82) is 0 Å². The van der Waals surface area contributed by atoms with Crippen molar-refractivity contribution in [3.63, 3.8) is 0 Å². The summed E-state index contributed by atoms with van der Waals surface area (Å²) >= 11 is 0. The van der Waals surface area contributed by atoms with E-state index < -0.39 is 0 Å². The SMILES string of the molecule is c1ccc(CN2CCC(c3[nH]nc4c3CCN4)CC2)cc1. The molecule has 21 heavy (non-hydrogen) atoms. The van der Waals surface area contributed by atoms with Gasteiger partial charge in [-0.05, 0) is 37.9 Å². The zero-order valence-corrected chi connectivity index (χ0v) is 12.3. The molecule has 2 aliphatic rings. The molecule has 4 heteroatoms. The van der Waals surface area contributed by atoms with Gasteiger partial charge >= 0.3 is 0 Å². The number of hydrogen-bond donors (Lipinski definition) is 2. The van der Waals surface area contributed by atoms with Gasteiger partial charge in [-0.1, -0.05) is 30.3 Å². The van der Waals surface area contributed by atoms with E-state index in [1.807, 2.05) is 0 Å². The number of aromatic nitrogens is 2. The predicted molar refractivity (Wildman–Crippen MR) is 84.5 cm³/mol. The molecular weight excluding hydrogens is 260 g/mol. The molecule has 0 aliphatic carbocycles. The molecule has 2 N–H and O–H groups in total. The van der Waals surface area contributed by atoms with Crippen LogP contribution in [0.1, 0.15) is 35.6 Å². The van der Waals surface area contributed by atoms with Crippen molar-refractivity contribution in [2.24, 2.45) is 0 Å². The van der Waals surface area contributed by atoms with Gasteiger partial charge in [-0.2, -0.15) is 5.10 Å². The van der Waals surface area contributed by atoms with Crippen molar-refractivity contribution in [2.75, 3.05) is 25.0 Å². The maximum Gasteiger partial charge on any atom is 0.151 e. The lowest BCUT2D eigenvalue weighted by Gasteiger charge is -2.31.